The third-order valence-electron chi connectivity index (χ3n) is 2.68. The van der Waals surface area contributed by atoms with E-state index in [0.29, 0.717) is 0 Å². The molecule has 0 aliphatic heterocycles. The lowest BCUT2D eigenvalue weighted by atomic mass is 10.2. The quantitative estimate of drug-likeness (QED) is 0.757. The molecule has 1 rings (SSSR count). The van der Waals surface area contributed by atoms with Crippen molar-refractivity contribution in [1.82, 2.24) is 4.48 Å². The standard InChI is InChI=1S/C12H18N2O/c1-5-14(3,4)12-8-6-11(7-9-12)13-10(2)15/h6-9H,5H2,1-4H3/p+1. The molecule has 1 aromatic carbocycles. The van der Waals surface area contributed by atoms with Gasteiger partial charge in [-0.1, -0.05) is 0 Å². The van der Waals surface area contributed by atoms with Crippen molar-refractivity contribution in [3.05, 3.63) is 24.3 Å². The zero-order valence-electron chi connectivity index (χ0n) is 9.87. The second-order valence-corrected chi connectivity index (χ2v) is 4.23. The molecule has 0 radical (unpaired) electrons. The molecule has 0 fully saturated rings. The van der Waals surface area contributed by atoms with E-state index < -0.39 is 0 Å². The number of hydrogen-bond donors (Lipinski definition) is 1. The first kappa shape index (κ1) is 11.7. The molecule has 0 unspecified atom stereocenters. The summed E-state index contributed by atoms with van der Waals surface area (Å²) in [6.07, 6.45) is 0. The summed E-state index contributed by atoms with van der Waals surface area (Å²) < 4.78 is 0.848. The lowest BCUT2D eigenvalue weighted by Gasteiger charge is -2.27. The monoisotopic (exact) mass is 207 g/mol. The fraction of sp³-hybridized carbons (Fsp3) is 0.417. The van der Waals surface area contributed by atoms with Crippen molar-refractivity contribution in [2.45, 2.75) is 13.8 Å². The van der Waals surface area contributed by atoms with Crippen LogP contribution in [0, 0.1) is 0 Å². The topological polar surface area (TPSA) is 29.1 Å². The van der Waals surface area contributed by atoms with Crippen molar-refractivity contribution in [2.24, 2.45) is 0 Å². The smallest absolute Gasteiger partial charge is 0.221 e. The van der Waals surface area contributed by atoms with Gasteiger partial charge in [0.25, 0.3) is 0 Å². The molecule has 0 spiro atoms. The summed E-state index contributed by atoms with van der Waals surface area (Å²) in [5.41, 5.74) is 2.09. The Morgan fingerprint density at radius 3 is 2.20 bits per heavy atom. The Bertz CT molecular complexity index is 341. The largest absolute Gasteiger partial charge is 0.326 e. The lowest BCUT2D eigenvalue weighted by molar-refractivity contribution is -0.114. The van der Waals surface area contributed by atoms with Crippen LogP contribution in [-0.4, -0.2) is 26.5 Å². The summed E-state index contributed by atoms with van der Waals surface area (Å²) in [5, 5.41) is 2.76. The molecule has 0 saturated carbocycles. The Kier molecular flexibility index (Phi) is 3.48. The third kappa shape index (κ3) is 3.06. The number of carbonyl (C=O) groups excluding carboxylic acids is 1. The normalized spacial score (nSPS) is 11.2. The molecule has 15 heavy (non-hydrogen) atoms. The molecule has 1 amide bonds. The van der Waals surface area contributed by atoms with Crippen LogP contribution in [0.1, 0.15) is 13.8 Å². The van der Waals surface area contributed by atoms with Crippen LogP contribution < -0.4 is 9.80 Å². The Hall–Kier alpha value is -1.35. The van der Waals surface area contributed by atoms with Crippen LogP contribution in [0.4, 0.5) is 11.4 Å². The first-order valence-electron chi connectivity index (χ1n) is 5.17. The fourth-order valence-corrected chi connectivity index (χ4v) is 1.33. The van der Waals surface area contributed by atoms with E-state index >= 15 is 0 Å². The highest BCUT2D eigenvalue weighted by atomic mass is 16.1. The van der Waals surface area contributed by atoms with Gasteiger partial charge < -0.3 is 5.32 Å². The van der Waals surface area contributed by atoms with Gasteiger partial charge >= 0.3 is 0 Å². The average Bonchev–Trinajstić information content (AvgIpc) is 2.18. The van der Waals surface area contributed by atoms with E-state index in [9.17, 15) is 4.79 Å². The van der Waals surface area contributed by atoms with Crippen molar-refractivity contribution in [2.75, 3.05) is 26.0 Å². The minimum Gasteiger partial charge on any atom is -0.326 e. The maximum Gasteiger partial charge on any atom is 0.221 e. The number of rotatable bonds is 3. The Morgan fingerprint density at radius 2 is 1.80 bits per heavy atom. The van der Waals surface area contributed by atoms with E-state index in [1.165, 1.54) is 12.6 Å². The Morgan fingerprint density at radius 1 is 1.27 bits per heavy atom. The summed E-state index contributed by atoms with van der Waals surface area (Å²) in [5.74, 6) is -0.0352. The summed E-state index contributed by atoms with van der Waals surface area (Å²) >= 11 is 0. The lowest BCUT2D eigenvalue weighted by Crippen LogP contribution is -2.39. The van der Waals surface area contributed by atoms with Crippen LogP contribution in [0.25, 0.3) is 0 Å². The van der Waals surface area contributed by atoms with Crippen LogP contribution in [0.5, 0.6) is 0 Å². The van der Waals surface area contributed by atoms with Crippen molar-refractivity contribution >= 4 is 17.3 Å². The molecular formula is C12H19N2O+. The molecule has 0 saturated heterocycles. The minimum absolute atomic E-state index is 0.0352. The number of anilines is 1. The molecule has 0 heterocycles. The number of hydrogen-bond acceptors (Lipinski definition) is 1. The van der Waals surface area contributed by atoms with Gasteiger partial charge in [-0.2, -0.15) is 0 Å². The molecule has 0 bridgehead atoms. The highest BCUT2D eigenvalue weighted by molar-refractivity contribution is 5.88. The highest BCUT2D eigenvalue weighted by Crippen LogP contribution is 2.20. The Balaban J connectivity index is 2.85. The molecule has 1 aromatic rings. The van der Waals surface area contributed by atoms with E-state index in [-0.39, 0.29) is 5.91 Å². The van der Waals surface area contributed by atoms with E-state index in [4.69, 9.17) is 0 Å². The van der Waals surface area contributed by atoms with E-state index in [2.05, 4.69) is 38.5 Å². The molecule has 0 aliphatic rings. The maximum atomic E-state index is 10.8. The average molecular weight is 207 g/mol. The predicted molar refractivity (Wildman–Crippen MR) is 64.9 cm³/mol. The molecular weight excluding hydrogens is 188 g/mol. The summed E-state index contributed by atoms with van der Waals surface area (Å²) in [6.45, 7) is 4.71. The first-order chi connectivity index (χ1) is 6.95. The van der Waals surface area contributed by atoms with Crippen molar-refractivity contribution in [3.63, 3.8) is 0 Å². The van der Waals surface area contributed by atoms with E-state index in [1.54, 1.807) is 0 Å². The minimum atomic E-state index is -0.0352. The van der Waals surface area contributed by atoms with Crippen molar-refractivity contribution < 1.29 is 4.79 Å². The SMILES string of the molecule is CC[N+](C)(C)c1ccc(NC(C)=O)cc1. The Labute approximate surface area is 91.3 Å². The van der Waals surface area contributed by atoms with Crippen molar-refractivity contribution in [3.8, 4) is 0 Å². The predicted octanol–water partition coefficient (Wildman–Crippen LogP) is 2.23. The summed E-state index contributed by atoms with van der Waals surface area (Å²) in [7, 11) is 4.32. The molecule has 3 heteroatoms. The molecule has 0 atom stereocenters. The van der Waals surface area contributed by atoms with Crippen LogP contribution in [0.3, 0.4) is 0 Å². The van der Waals surface area contributed by atoms with Gasteiger partial charge in [0, 0.05) is 24.7 Å². The van der Waals surface area contributed by atoms with Crippen LogP contribution in [0.2, 0.25) is 0 Å². The summed E-state index contributed by atoms with van der Waals surface area (Å²) in [4.78, 5) is 10.8. The molecule has 0 aliphatic carbocycles. The van der Waals surface area contributed by atoms with Gasteiger partial charge in [0.05, 0.1) is 20.6 Å². The zero-order chi connectivity index (χ0) is 11.5. The second kappa shape index (κ2) is 4.45. The fourth-order valence-electron chi connectivity index (χ4n) is 1.33. The number of carbonyl (C=O) groups is 1. The molecule has 3 nitrogen and oxygen atoms in total. The summed E-state index contributed by atoms with van der Waals surface area (Å²) in [6, 6.07) is 7.97. The van der Waals surface area contributed by atoms with Gasteiger partial charge in [0.1, 0.15) is 5.69 Å². The van der Waals surface area contributed by atoms with Crippen molar-refractivity contribution in [1.29, 1.82) is 0 Å². The van der Waals surface area contributed by atoms with E-state index in [0.717, 1.165) is 16.7 Å². The van der Waals surface area contributed by atoms with Gasteiger partial charge in [0.2, 0.25) is 5.91 Å². The number of benzene rings is 1. The van der Waals surface area contributed by atoms with Crippen LogP contribution in [0.15, 0.2) is 24.3 Å². The number of nitrogens with one attached hydrogen (secondary N) is 1. The number of quaternary nitrogens is 1. The molecule has 82 valence electrons. The molecule has 0 aromatic heterocycles. The highest BCUT2D eigenvalue weighted by Gasteiger charge is 2.15. The third-order valence-corrected chi connectivity index (χ3v) is 2.68. The number of amides is 1. The van der Waals surface area contributed by atoms with Gasteiger partial charge in [-0.05, 0) is 19.1 Å². The first-order valence-corrected chi connectivity index (χ1v) is 5.17. The maximum absolute atomic E-state index is 10.8. The second-order valence-electron chi connectivity index (χ2n) is 4.23. The zero-order valence-corrected chi connectivity index (χ0v) is 9.87. The van der Waals surface area contributed by atoms with E-state index in [1.807, 2.05) is 12.1 Å². The van der Waals surface area contributed by atoms with Gasteiger partial charge in [-0.15, -0.1) is 0 Å². The van der Waals surface area contributed by atoms with Crippen LogP contribution >= 0.6 is 0 Å². The van der Waals surface area contributed by atoms with Gasteiger partial charge in [-0.3, -0.25) is 9.28 Å². The number of nitrogens with zero attached hydrogens (tertiary/aromatic N) is 1. The van der Waals surface area contributed by atoms with Gasteiger partial charge in [-0.25, -0.2) is 0 Å². The van der Waals surface area contributed by atoms with Gasteiger partial charge in [0.15, 0.2) is 0 Å². The molecule has 1 N–H and O–H groups in total. The van der Waals surface area contributed by atoms with Crippen LogP contribution in [-0.2, 0) is 4.79 Å².